The van der Waals surface area contributed by atoms with Crippen molar-refractivity contribution in [1.29, 1.82) is 0 Å². The van der Waals surface area contributed by atoms with Gasteiger partial charge in [0.2, 0.25) is 0 Å². The first-order chi connectivity index (χ1) is 14.7. The molecule has 0 aliphatic heterocycles. The van der Waals surface area contributed by atoms with E-state index in [0.29, 0.717) is 34.6 Å². The van der Waals surface area contributed by atoms with Crippen LogP contribution in [-0.2, 0) is 5.92 Å². The number of hydrogen-bond acceptors (Lipinski definition) is 6. The lowest BCUT2D eigenvalue weighted by molar-refractivity contribution is -0.290. The molecular weight excluding hydrogens is 439 g/mol. The summed E-state index contributed by atoms with van der Waals surface area (Å²) in [4.78, 5) is 21.0. The van der Waals surface area contributed by atoms with Gasteiger partial charge in [-0.05, 0) is 17.9 Å². The maximum absolute atomic E-state index is 13.6. The Morgan fingerprint density at radius 3 is 2.42 bits per heavy atom. The van der Waals surface area contributed by atoms with Gasteiger partial charge in [-0.2, -0.15) is 22.0 Å². The third-order valence-electron chi connectivity index (χ3n) is 4.24. The summed E-state index contributed by atoms with van der Waals surface area (Å²) in [6.07, 6.45) is 1.35. The monoisotopic (exact) mass is 452 g/mol. The van der Waals surface area contributed by atoms with Gasteiger partial charge in [0.1, 0.15) is 29.1 Å². The Morgan fingerprint density at radius 1 is 1.00 bits per heavy atom. The van der Waals surface area contributed by atoms with Crippen molar-refractivity contribution in [1.82, 2.24) is 29.3 Å². The Hall–Kier alpha value is -3.15. The zero-order valence-corrected chi connectivity index (χ0v) is 16.6. The van der Waals surface area contributed by atoms with Crippen LogP contribution in [0.4, 0.5) is 22.0 Å². The molecule has 0 atom stereocenters. The number of pyridine rings is 1. The van der Waals surface area contributed by atoms with Gasteiger partial charge in [-0.3, -0.25) is 9.38 Å². The van der Waals surface area contributed by atoms with E-state index in [0.717, 1.165) is 11.2 Å². The molecule has 0 radical (unpaired) electrons. The largest absolute Gasteiger partial charge is 0.459 e. The molecule has 4 rings (SSSR count). The second kappa shape index (κ2) is 7.84. The summed E-state index contributed by atoms with van der Waals surface area (Å²) in [6, 6.07) is 4.14. The number of halogens is 5. The minimum absolute atomic E-state index is 0.103. The average molecular weight is 452 g/mol. The normalized spacial score (nSPS) is 12.5. The van der Waals surface area contributed by atoms with Crippen molar-refractivity contribution in [3.8, 4) is 22.8 Å². The number of imidazole rings is 1. The summed E-state index contributed by atoms with van der Waals surface area (Å²) in [6.45, 7) is 1.94. The molecule has 0 bridgehead atoms. The summed E-state index contributed by atoms with van der Waals surface area (Å²) in [5.74, 6) is -3.89. The quantitative estimate of drug-likeness (QED) is 0.313. The van der Waals surface area contributed by atoms with E-state index in [4.69, 9.17) is 0 Å². The highest BCUT2D eigenvalue weighted by atomic mass is 32.2. The van der Waals surface area contributed by atoms with Crippen LogP contribution >= 0.6 is 11.8 Å². The lowest BCUT2D eigenvalue weighted by Crippen LogP contribution is -2.34. The van der Waals surface area contributed by atoms with Gasteiger partial charge in [0.15, 0.2) is 5.82 Å². The van der Waals surface area contributed by atoms with Crippen molar-refractivity contribution in [2.75, 3.05) is 5.75 Å². The topological polar surface area (TPSA) is 68.9 Å². The molecule has 0 aliphatic carbocycles. The predicted molar refractivity (Wildman–Crippen MR) is 104 cm³/mol. The molecule has 31 heavy (non-hydrogen) atoms. The third kappa shape index (κ3) is 3.94. The molecule has 0 fully saturated rings. The van der Waals surface area contributed by atoms with Gasteiger partial charge in [-0.15, -0.1) is 11.8 Å². The summed E-state index contributed by atoms with van der Waals surface area (Å²) >= 11 is 1.47. The Kier molecular flexibility index (Phi) is 5.33. The SMILES string of the molecule is CCSc1cc(-c2ncccn2)cnc1-c1cn2cnc(C(F)(F)C(F)(F)F)cc2n1. The lowest BCUT2D eigenvalue weighted by atomic mass is 10.2. The minimum atomic E-state index is -5.75. The molecule has 4 aromatic heterocycles. The molecule has 6 nitrogen and oxygen atoms in total. The summed E-state index contributed by atoms with van der Waals surface area (Å²) in [5, 5.41) is 0. The van der Waals surface area contributed by atoms with Crippen LogP contribution in [-0.4, -0.2) is 41.2 Å². The molecule has 4 heterocycles. The molecule has 160 valence electrons. The molecular formula is C19H13F5N6S. The van der Waals surface area contributed by atoms with Crippen molar-refractivity contribution in [2.45, 2.75) is 23.9 Å². The first-order valence-electron chi connectivity index (χ1n) is 8.91. The Morgan fingerprint density at radius 2 is 1.74 bits per heavy atom. The van der Waals surface area contributed by atoms with Crippen LogP contribution in [0.5, 0.6) is 0 Å². The van der Waals surface area contributed by atoms with E-state index in [1.807, 2.05) is 13.0 Å². The molecule has 0 spiro atoms. The van der Waals surface area contributed by atoms with E-state index in [1.54, 1.807) is 24.7 Å². The van der Waals surface area contributed by atoms with Gasteiger partial charge < -0.3 is 0 Å². The lowest BCUT2D eigenvalue weighted by Gasteiger charge is -2.18. The van der Waals surface area contributed by atoms with Crippen molar-refractivity contribution >= 4 is 17.4 Å². The number of alkyl halides is 5. The van der Waals surface area contributed by atoms with Crippen LogP contribution in [0.2, 0.25) is 0 Å². The highest BCUT2D eigenvalue weighted by molar-refractivity contribution is 7.99. The number of aromatic nitrogens is 6. The van der Waals surface area contributed by atoms with Crippen LogP contribution in [0.3, 0.4) is 0 Å². The first-order valence-corrected chi connectivity index (χ1v) is 9.89. The van der Waals surface area contributed by atoms with E-state index in [-0.39, 0.29) is 5.65 Å². The first kappa shape index (κ1) is 21.1. The smallest absolute Gasteiger partial charge is 0.290 e. The van der Waals surface area contributed by atoms with Gasteiger partial charge in [-0.1, -0.05) is 6.92 Å². The summed E-state index contributed by atoms with van der Waals surface area (Å²) in [5.41, 5.74) is -0.0751. The van der Waals surface area contributed by atoms with Gasteiger partial charge in [0.25, 0.3) is 0 Å². The molecule has 0 unspecified atom stereocenters. The van der Waals surface area contributed by atoms with Crippen molar-refractivity contribution in [3.63, 3.8) is 0 Å². The van der Waals surface area contributed by atoms with Gasteiger partial charge in [-0.25, -0.2) is 19.9 Å². The number of thioether (sulfide) groups is 1. The zero-order chi connectivity index (χ0) is 22.2. The molecule has 4 aromatic rings. The van der Waals surface area contributed by atoms with Crippen molar-refractivity contribution in [2.24, 2.45) is 0 Å². The molecule has 0 aliphatic rings. The third-order valence-corrected chi connectivity index (χ3v) is 5.16. The van der Waals surface area contributed by atoms with E-state index < -0.39 is 17.8 Å². The molecule has 0 N–H and O–H groups in total. The van der Waals surface area contributed by atoms with Gasteiger partial charge in [0, 0.05) is 41.3 Å². The van der Waals surface area contributed by atoms with E-state index in [1.165, 1.54) is 22.4 Å². The fourth-order valence-corrected chi connectivity index (χ4v) is 3.61. The Balaban J connectivity index is 1.78. The minimum Gasteiger partial charge on any atom is -0.290 e. The maximum atomic E-state index is 13.6. The van der Waals surface area contributed by atoms with Gasteiger partial charge in [0.05, 0.1) is 0 Å². The number of hydrogen-bond donors (Lipinski definition) is 0. The second-order valence-corrected chi connectivity index (χ2v) is 7.62. The number of rotatable bonds is 5. The molecule has 0 saturated carbocycles. The molecule has 0 amide bonds. The molecule has 0 saturated heterocycles. The van der Waals surface area contributed by atoms with E-state index in [9.17, 15) is 22.0 Å². The van der Waals surface area contributed by atoms with Gasteiger partial charge >= 0.3 is 12.1 Å². The van der Waals surface area contributed by atoms with E-state index in [2.05, 4.69) is 24.9 Å². The predicted octanol–water partition coefficient (Wildman–Crippen LogP) is 5.01. The molecule has 0 aromatic carbocycles. The fraction of sp³-hybridized carbons (Fsp3) is 0.211. The highest BCUT2D eigenvalue weighted by Crippen LogP contribution is 2.43. The summed E-state index contributed by atoms with van der Waals surface area (Å²) in [7, 11) is 0. The van der Waals surface area contributed by atoms with E-state index >= 15 is 0 Å². The fourth-order valence-electron chi connectivity index (χ4n) is 2.80. The van der Waals surface area contributed by atoms with Crippen molar-refractivity contribution in [3.05, 3.63) is 55.0 Å². The maximum Gasteiger partial charge on any atom is 0.459 e. The van der Waals surface area contributed by atoms with Crippen molar-refractivity contribution < 1.29 is 22.0 Å². The van der Waals surface area contributed by atoms with Crippen LogP contribution in [0.1, 0.15) is 12.6 Å². The number of fused-ring (bicyclic) bond motifs is 1. The number of nitrogens with zero attached hydrogens (tertiary/aromatic N) is 6. The Bertz CT molecular complexity index is 1230. The van der Waals surface area contributed by atoms with Crippen LogP contribution in [0.15, 0.2) is 54.2 Å². The highest BCUT2D eigenvalue weighted by Gasteiger charge is 2.60. The van der Waals surface area contributed by atoms with Crippen LogP contribution in [0, 0.1) is 0 Å². The van der Waals surface area contributed by atoms with Crippen LogP contribution < -0.4 is 0 Å². The second-order valence-electron chi connectivity index (χ2n) is 6.31. The van der Waals surface area contributed by atoms with Crippen LogP contribution in [0.25, 0.3) is 28.4 Å². The Labute approximate surface area is 176 Å². The average Bonchev–Trinajstić information content (AvgIpc) is 3.17. The molecule has 12 heteroatoms. The standard InChI is InChI=1S/C19H13F5N6S/c1-2-31-13-6-11(17-25-4-3-5-26-17)8-27-16(13)12-9-30-10-28-14(7-15(30)29-12)18(20,21)19(22,23)24/h3-10H,2H2,1H3. The zero-order valence-electron chi connectivity index (χ0n) is 15.8. The summed E-state index contributed by atoms with van der Waals surface area (Å²) < 4.78 is 66.5.